The molecule has 1 aliphatic carbocycles. The second-order valence-electron chi connectivity index (χ2n) is 6.59. The van der Waals surface area contributed by atoms with Crippen molar-refractivity contribution in [2.24, 2.45) is 4.99 Å². The third-order valence-electron chi connectivity index (χ3n) is 4.51. The first-order valence-electron chi connectivity index (χ1n) is 9.44. The van der Waals surface area contributed by atoms with E-state index in [1.54, 1.807) is 14.2 Å². The minimum Gasteiger partial charge on any atom is -0.380 e. The molecule has 26 heavy (non-hydrogen) atoms. The number of rotatable bonds is 9. The zero-order chi connectivity index (χ0) is 17.7. The van der Waals surface area contributed by atoms with E-state index < -0.39 is 0 Å². The number of guanidine groups is 1. The van der Waals surface area contributed by atoms with Gasteiger partial charge in [-0.1, -0.05) is 43.5 Å². The summed E-state index contributed by atoms with van der Waals surface area (Å²) >= 11 is 0. The third-order valence-corrected chi connectivity index (χ3v) is 4.51. The summed E-state index contributed by atoms with van der Waals surface area (Å²) in [5.74, 6) is 0.829. The Bertz CT molecular complexity index is 520. The van der Waals surface area contributed by atoms with Crippen molar-refractivity contribution in [2.45, 2.75) is 57.8 Å². The molecule has 0 radical (unpaired) electrons. The Labute approximate surface area is 175 Å². The number of halogens is 1. The number of ether oxygens (including phenoxy) is 2. The Morgan fingerprint density at radius 2 is 1.92 bits per heavy atom. The van der Waals surface area contributed by atoms with Gasteiger partial charge in [-0.15, -0.1) is 24.0 Å². The molecule has 2 N–H and O–H groups in total. The van der Waals surface area contributed by atoms with Gasteiger partial charge in [0.1, 0.15) is 0 Å². The summed E-state index contributed by atoms with van der Waals surface area (Å²) in [6.07, 6.45) is 7.98. The number of nitrogens with one attached hydrogen (secondary N) is 2. The molecule has 1 aromatic carbocycles. The minimum absolute atomic E-state index is 0. The van der Waals surface area contributed by atoms with Crippen LogP contribution in [0.25, 0.3) is 0 Å². The van der Waals surface area contributed by atoms with Gasteiger partial charge in [-0.25, -0.2) is 0 Å². The summed E-state index contributed by atoms with van der Waals surface area (Å²) in [5, 5.41) is 6.70. The maximum Gasteiger partial charge on any atom is 0.191 e. The fraction of sp³-hybridized carbons (Fsp3) is 0.650. The molecule has 6 heteroatoms. The highest BCUT2D eigenvalue weighted by Crippen LogP contribution is 2.20. The van der Waals surface area contributed by atoms with Crippen molar-refractivity contribution in [3.8, 4) is 0 Å². The fourth-order valence-corrected chi connectivity index (χ4v) is 3.16. The molecular weight excluding hydrogens is 441 g/mol. The van der Waals surface area contributed by atoms with Gasteiger partial charge in [0.15, 0.2) is 5.96 Å². The second kappa shape index (κ2) is 14.2. The van der Waals surface area contributed by atoms with Gasteiger partial charge in [0.2, 0.25) is 0 Å². The molecule has 0 aromatic heterocycles. The number of hydrogen-bond acceptors (Lipinski definition) is 3. The molecule has 148 valence electrons. The second-order valence-corrected chi connectivity index (χ2v) is 6.59. The Morgan fingerprint density at radius 1 is 1.15 bits per heavy atom. The van der Waals surface area contributed by atoms with Gasteiger partial charge in [-0.2, -0.15) is 0 Å². The van der Waals surface area contributed by atoms with E-state index in [0.717, 1.165) is 32.1 Å². The van der Waals surface area contributed by atoms with Gasteiger partial charge in [-0.05, 0) is 30.4 Å². The molecule has 0 bridgehead atoms. The number of benzene rings is 1. The highest BCUT2D eigenvalue weighted by molar-refractivity contribution is 14.0. The van der Waals surface area contributed by atoms with E-state index in [1.165, 1.54) is 43.2 Å². The van der Waals surface area contributed by atoms with Crippen molar-refractivity contribution in [3.05, 3.63) is 35.4 Å². The van der Waals surface area contributed by atoms with Gasteiger partial charge >= 0.3 is 0 Å². The molecule has 0 saturated heterocycles. The van der Waals surface area contributed by atoms with Crippen molar-refractivity contribution < 1.29 is 9.47 Å². The number of hydrogen-bond donors (Lipinski definition) is 2. The summed E-state index contributed by atoms with van der Waals surface area (Å²) in [5.41, 5.74) is 2.41. The van der Waals surface area contributed by atoms with Crippen molar-refractivity contribution in [3.63, 3.8) is 0 Å². The largest absolute Gasteiger partial charge is 0.380 e. The average molecular weight is 475 g/mol. The molecule has 5 nitrogen and oxygen atoms in total. The van der Waals surface area contributed by atoms with Crippen LogP contribution < -0.4 is 10.6 Å². The van der Waals surface area contributed by atoms with E-state index in [9.17, 15) is 0 Å². The summed E-state index contributed by atoms with van der Waals surface area (Å²) in [6.45, 7) is 3.08. The zero-order valence-electron chi connectivity index (χ0n) is 16.1. The van der Waals surface area contributed by atoms with Crippen LogP contribution >= 0.6 is 24.0 Å². The summed E-state index contributed by atoms with van der Waals surface area (Å²) in [4.78, 5) is 4.28. The summed E-state index contributed by atoms with van der Waals surface area (Å²) in [7, 11) is 3.52. The van der Waals surface area contributed by atoms with Crippen LogP contribution in [0.15, 0.2) is 29.3 Å². The maximum absolute atomic E-state index is 5.95. The molecule has 0 amide bonds. The normalized spacial score (nSPS) is 15.4. The topological polar surface area (TPSA) is 54.9 Å². The first kappa shape index (κ1) is 23.2. The van der Waals surface area contributed by atoms with Gasteiger partial charge < -0.3 is 20.1 Å². The Kier molecular flexibility index (Phi) is 12.7. The van der Waals surface area contributed by atoms with Gasteiger partial charge in [0, 0.05) is 33.9 Å². The lowest BCUT2D eigenvalue weighted by molar-refractivity contribution is 0.0277. The lowest BCUT2D eigenvalue weighted by Crippen LogP contribution is -2.37. The summed E-state index contributed by atoms with van der Waals surface area (Å²) in [6, 6.07) is 8.40. The van der Waals surface area contributed by atoms with Crippen molar-refractivity contribution in [1.82, 2.24) is 10.6 Å². The van der Waals surface area contributed by atoms with Crippen LogP contribution in [-0.2, 0) is 22.6 Å². The first-order valence-corrected chi connectivity index (χ1v) is 9.44. The number of nitrogens with zero attached hydrogens (tertiary/aromatic N) is 1. The number of methoxy groups -OCH3 is 1. The van der Waals surface area contributed by atoms with E-state index >= 15 is 0 Å². The molecule has 1 saturated carbocycles. The van der Waals surface area contributed by atoms with Crippen molar-refractivity contribution >= 4 is 29.9 Å². The predicted molar refractivity (Wildman–Crippen MR) is 118 cm³/mol. The van der Waals surface area contributed by atoms with Crippen LogP contribution in [0.4, 0.5) is 0 Å². The smallest absolute Gasteiger partial charge is 0.191 e. The lowest BCUT2D eigenvalue weighted by atomic mass is 9.98. The molecule has 1 fully saturated rings. The van der Waals surface area contributed by atoms with Crippen LogP contribution in [0.3, 0.4) is 0 Å². The molecule has 0 unspecified atom stereocenters. The first-order chi connectivity index (χ1) is 12.3. The highest BCUT2D eigenvalue weighted by atomic mass is 127. The SMILES string of the molecule is CN=C(NCCCOC1CCCCC1)NCc1cccc(COC)c1.I. The van der Waals surface area contributed by atoms with Crippen LogP contribution in [0.2, 0.25) is 0 Å². The third kappa shape index (κ3) is 9.19. The zero-order valence-corrected chi connectivity index (χ0v) is 18.5. The fourth-order valence-electron chi connectivity index (χ4n) is 3.16. The quantitative estimate of drug-likeness (QED) is 0.247. The molecule has 1 aromatic rings. The predicted octanol–water partition coefficient (Wildman–Crippen LogP) is 3.86. The monoisotopic (exact) mass is 475 g/mol. The molecule has 1 aliphatic rings. The molecule has 0 aliphatic heterocycles. The van der Waals surface area contributed by atoms with E-state index in [0.29, 0.717) is 12.7 Å². The van der Waals surface area contributed by atoms with E-state index in [4.69, 9.17) is 9.47 Å². The van der Waals surface area contributed by atoms with Crippen molar-refractivity contribution in [1.29, 1.82) is 0 Å². The minimum atomic E-state index is 0. The molecule has 0 heterocycles. The molecule has 2 rings (SSSR count). The van der Waals surface area contributed by atoms with E-state index in [-0.39, 0.29) is 24.0 Å². The maximum atomic E-state index is 5.95. The van der Waals surface area contributed by atoms with Crippen LogP contribution in [0, 0.1) is 0 Å². The molecule has 0 spiro atoms. The Hall–Kier alpha value is -0.860. The summed E-state index contributed by atoms with van der Waals surface area (Å²) < 4.78 is 11.1. The van der Waals surface area contributed by atoms with Gasteiger partial charge in [0.05, 0.1) is 12.7 Å². The Balaban J connectivity index is 0.00000338. The highest BCUT2D eigenvalue weighted by Gasteiger charge is 2.12. The molecule has 0 atom stereocenters. The Morgan fingerprint density at radius 3 is 2.65 bits per heavy atom. The lowest BCUT2D eigenvalue weighted by Gasteiger charge is -2.22. The van der Waals surface area contributed by atoms with Crippen LogP contribution in [0.1, 0.15) is 49.7 Å². The average Bonchev–Trinajstić information content (AvgIpc) is 2.65. The van der Waals surface area contributed by atoms with Crippen LogP contribution in [0.5, 0.6) is 0 Å². The standard InChI is InChI=1S/C20H33N3O2.HI/c1-21-20(22-12-7-13-25-19-10-4-3-5-11-19)23-15-17-8-6-9-18(14-17)16-24-2;/h6,8-9,14,19H,3-5,7,10-13,15-16H2,1-2H3,(H2,21,22,23);1H. The van der Waals surface area contributed by atoms with E-state index in [2.05, 4.69) is 39.9 Å². The molecular formula is C20H34IN3O2. The van der Waals surface area contributed by atoms with Crippen LogP contribution in [-0.4, -0.2) is 39.4 Å². The van der Waals surface area contributed by atoms with Gasteiger partial charge in [-0.3, -0.25) is 4.99 Å². The van der Waals surface area contributed by atoms with Crippen molar-refractivity contribution in [2.75, 3.05) is 27.3 Å². The number of aliphatic imine (C=N–C) groups is 1. The van der Waals surface area contributed by atoms with Gasteiger partial charge in [0.25, 0.3) is 0 Å². The van der Waals surface area contributed by atoms with E-state index in [1.807, 2.05) is 0 Å².